The topological polar surface area (TPSA) is 511 Å². The Morgan fingerprint density at radius 2 is 0.918 bits per heavy atom. The maximum absolute atomic E-state index is 12.2. The highest BCUT2D eigenvalue weighted by Gasteiger charge is 2.56. The maximum atomic E-state index is 12.2. The Morgan fingerprint density at radius 1 is 0.623 bits per heavy atom. The van der Waals surface area contributed by atoms with Crippen molar-refractivity contribution in [2.24, 2.45) is 11.5 Å². The van der Waals surface area contributed by atoms with Gasteiger partial charge in [-0.15, -0.1) is 23.5 Å². The van der Waals surface area contributed by atoms with E-state index in [9.17, 15) is 33.9 Å². The van der Waals surface area contributed by atoms with Crippen LogP contribution in [-0.4, -0.2) is 191 Å². The summed E-state index contributed by atoms with van der Waals surface area (Å²) in [5.41, 5.74) is 10.9. The molecule has 0 aromatic heterocycles. The van der Waals surface area contributed by atoms with E-state index in [1.54, 1.807) is 37.4 Å². The minimum atomic E-state index is -2.16. The van der Waals surface area contributed by atoms with Crippen LogP contribution in [0, 0.1) is 0 Å². The third-order valence-electron chi connectivity index (χ3n) is 9.30. The molecule has 0 aromatic carbocycles. The van der Waals surface area contributed by atoms with Gasteiger partial charge in [-0.25, -0.2) is 0 Å². The van der Waals surface area contributed by atoms with Gasteiger partial charge in [0.15, 0.2) is 0 Å². The van der Waals surface area contributed by atoms with Crippen molar-refractivity contribution in [2.45, 2.75) is 161 Å². The Labute approximate surface area is 362 Å². The molecule has 27 heteroatoms. The molecule has 3 saturated heterocycles. The predicted molar refractivity (Wildman–Crippen MR) is 225 cm³/mol. The Bertz CT molecular complexity index is 1330. The molecule has 4 amide bonds. The smallest absolute Gasteiger partial charge is 0.305 e. The van der Waals surface area contributed by atoms with Crippen molar-refractivity contribution in [3.8, 4) is 0 Å². The monoisotopic (exact) mass is 932 g/mol. The zero-order chi connectivity index (χ0) is 43.9. The van der Waals surface area contributed by atoms with Crippen LogP contribution in [0.2, 0.25) is 0 Å². The zero-order valence-corrected chi connectivity index (χ0v) is 37.6. The van der Waals surface area contributed by atoms with Gasteiger partial charge in [0.05, 0.1) is 50.2 Å². The summed E-state index contributed by atoms with van der Waals surface area (Å²) >= 11 is 3.58. The predicted octanol–water partition coefficient (Wildman–Crippen LogP) is -7.18. The summed E-state index contributed by atoms with van der Waals surface area (Å²) in [6.07, 6.45) is -4.98. The lowest BCUT2D eigenvalue weighted by Gasteiger charge is -2.57. The van der Waals surface area contributed by atoms with Gasteiger partial charge in [0.2, 0.25) is 29.4 Å². The van der Waals surface area contributed by atoms with Gasteiger partial charge in [-0.05, 0) is 69.2 Å². The average molecular weight is 933 g/mol. The number of carboxylic acids is 2. The van der Waals surface area contributed by atoms with E-state index in [1.807, 2.05) is 0 Å². The minimum absolute atomic E-state index is 0. The summed E-state index contributed by atoms with van der Waals surface area (Å²) in [6.45, 7) is 18.2. The van der Waals surface area contributed by atoms with Gasteiger partial charge in [0.25, 0.3) is 0 Å². The molecule has 25 nitrogen and oxygen atoms in total. The van der Waals surface area contributed by atoms with Crippen LogP contribution in [-0.2, 0) is 33.5 Å². The number of carbonyl (C=O) groups is 6. The number of carboxylic acid groups (broad SMARTS) is 2. The number of aliphatic hydroxyl groups is 5. The molecule has 364 valence electrons. The Balaban J connectivity index is -0.000000256. The van der Waals surface area contributed by atoms with Crippen molar-refractivity contribution in [3.63, 3.8) is 0 Å². The lowest BCUT2D eigenvalue weighted by Crippen LogP contribution is -2.68. The number of rotatable bonds is 14. The number of amides is 4. The van der Waals surface area contributed by atoms with E-state index in [-0.39, 0.29) is 70.3 Å². The molecule has 0 aromatic rings. The standard InChI is InChI=1S/2C14H25N3O4S.C6H12O6.5H2O/c2*1-7(16-11(21)8(15)6-9(18)19)10(20)17-12-13(2,3)22-14(12,4)5;7-1-3-4(9)5(10)6(11,2-8)12-3;;;;;/h2*7-8,12H,6,15H2,1-5H3,(H,16,21)(H,17,20)(H,18,19);3-5,7-11H,1-2H2;5*1H2/t2*7-,8+;3-,4-,5+,6-;;;;;/m111...../s1. The molecule has 3 aliphatic heterocycles. The fourth-order valence-electron chi connectivity index (χ4n) is 6.86. The molecule has 3 aliphatic rings. The molecule has 61 heavy (non-hydrogen) atoms. The second-order valence-corrected chi connectivity index (χ2v) is 20.8. The van der Waals surface area contributed by atoms with Crippen LogP contribution < -0.4 is 32.7 Å². The van der Waals surface area contributed by atoms with Crippen LogP contribution >= 0.6 is 23.5 Å². The molecule has 3 rings (SSSR count). The van der Waals surface area contributed by atoms with Gasteiger partial charge in [-0.1, -0.05) is 0 Å². The second kappa shape index (κ2) is 25.9. The molecular formula is C34H72N6O19S2. The van der Waals surface area contributed by atoms with Gasteiger partial charge in [-0.3, -0.25) is 28.8 Å². The van der Waals surface area contributed by atoms with Gasteiger partial charge in [0.1, 0.15) is 30.4 Å². The quantitative estimate of drug-likeness (QED) is 0.0769. The van der Waals surface area contributed by atoms with Crippen LogP contribution in [0.5, 0.6) is 0 Å². The maximum Gasteiger partial charge on any atom is 0.305 e. The van der Waals surface area contributed by atoms with E-state index in [1.165, 1.54) is 0 Å². The Kier molecular flexibility index (Phi) is 28.5. The highest BCUT2D eigenvalue weighted by atomic mass is 32.2. The van der Waals surface area contributed by atoms with Crippen LogP contribution in [0.1, 0.15) is 82.1 Å². The van der Waals surface area contributed by atoms with Crippen molar-refractivity contribution >= 4 is 59.1 Å². The number of ether oxygens (including phenoxy) is 1. The van der Waals surface area contributed by atoms with Crippen LogP contribution in [0.15, 0.2) is 0 Å². The SMILES string of the molecule is C[C@@H](NC(=O)[C@@H](N)CC(=O)O)C(=O)NC1C(C)(C)SC1(C)C.C[C@@H](NC(=O)[C@@H](N)CC(=O)O)C(=O)NC1C(C)(C)SC1(C)C.O.O.O.O.O.OC[C@H]1O[C@](O)(CO)[C@@H](O)[C@@H]1O. The summed E-state index contributed by atoms with van der Waals surface area (Å²) in [6, 6.07) is -3.90. The normalized spacial score (nSPS) is 25.4. The van der Waals surface area contributed by atoms with Crippen molar-refractivity contribution in [2.75, 3.05) is 13.2 Å². The minimum Gasteiger partial charge on any atom is -0.481 e. The fraction of sp³-hybridized carbons (Fsp3) is 0.824. The number of thioether (sulfide) groups is 2. The van der Waals surface area contributed by atoms with E-state index < -0.39 is 98.1 Å². The first-order valence-electron chi connectivity index (χ1n) is 17.8. The number of carbonyl (C=O) groups excluding carboxylic acids is 4. The van der Waals surface area contributed by atoms with E-state index in [4.69, 9.17) is 42.1 Å². The number of nitrogens with one attached hydrogen (secondary N) is 4. The fourth-order valence-corrected chi connectivity index (χ4v) is 11.1. The van der Waals surface area contributed by atoms with E-state index in [0.717, 1.165) is 0 Å². The van der Waals surface area contributed by atoms with Gasteiger partial charge in [-0.2, -0.15) is 0 Å². The second-order valence-electron chi connectivity index (χ2n) is 16.1. The van der Waals surface area contributed by atoms with E-state index >= 15 is 0 Å². The third-order valence-corrected chi connectivity index (χ3v) is 12.3. The largest absolute Gasteiger partial charge is 0.481 e. The Hall–Kier alpha value is -3.00. The molecule has 0 unspecified atom stereocenters. The molecule has 0 spiro atoms. The molecule has 25 N–H and O–H groups in total. The van der Waals surface area contributed by atoms with Crippen LogP contribution in [0.25, 0.3) is 0 Å². The number of hydrogen-bond donors (Lipinski definition) is 13. The summed E-state index contributed by atoms with van der Waals surface area (Å²) in [5.74, 6) is -6.38. The van der Waals surface area contributed by atoms with Gasteiger partial charge >= 0.3 is 11.9 Å². The summed E-state index contributed by atoms with van der Waals surface area (Å²) in [7, 11) is 0. The van der Waals surface area contributed by atoms with Gasteiger partial charge < -0.3 is 101 Å². The molecule has 0 aliphatic carbocycles. The zero-order valence-electron chi connectivity index (χ0n) is 36.0. The van der Waals surface area contributed by atoms with Crippen LogP contribution in [0.4, 0.5) is 0 Å². The van der Waals surface area contributed by atoms with Crippen molar-refractivity contribution in [1.29, 1.82) is 0 Å². The molecule has 0 bridgehead atoms. The first-order chi connectivity index (χ1) is 25.3. The third kappa shape index (κ3) is 18.3. The van der Waals surface area contributed by atoms with E-state index in [2.05, 4.69) is 81.4 Å². The molecule has 0 radical (unpaired) electrons. The summed E-state index contributed by atoms with van der Waals surface area (Å²) in [4.78, 5) is 68.9. The average Bonchev–Trinajstić information content (AvgIpc) is 3.28. The number of aliphatic hydroxyl groups excluding tert-OH is 4. The molecular weight excluding hydrogens is 861 g/mol. The lowest BCUT2D eigenvalue weighted by molar-refractivity contribution is -0.248. The summed E-state index contributed by atoms with van der Waals surface area (Å²) in [5, 5.41) is 72.7. The van der Waals surface area contributed by atoms with Crippen molar-refractivity contribution in [1.82, 2.24) is 21.3 Å². The Morgan fingerprint density at radius 3 is 1.11 bits per heavy atom. The first kappa shape index (κ1) is 67.1. The van der Waals surface area contributed by atoms with Gasteiger partial charge in [0, 0.05) is 19.0 Å². The van der Waals surface area contributed by atoms with E-state index in [0.29, 0.717) is 0 Å². The molecule has 3 heterocycles. The van der Waals surface area contributed by atoms with Crippen LogP contribution in [0.3, 0.4) is 0 Å². The van der Waals surface area contributed by atoms with Crippen molar-refractivity contribution < 1.29 is 96.6 Å². The molecule has 8 atom stereocenters. The number of hydrogen-bond acceptors (Lipinski definition) is 16. The highest BCUT2D eigenvalue weighted by Crippen LogP contribution is 2.55. The first-order valence-corrected chi connectivity index (χ1v) is 19.5. The molecule has 0 saturated carbocycles. The van der Waals surface area contributed by atoms with Crippen molar-refractivity contribution in [3.05, 3.63) is 0 Å². The highest BCUT2D eigenvalue weighted by molar-refractivity contribution is 8.03. The molecule has 3 fully saturated rings. The summed E-state index contributed by atoms with van der Waals surface area (Å²) < 4.78 is 4.36. The number of nitrogens with two attached hydrogens (primary N) is 2. The number of aliphatic carboxylic acids is 2. The lowest BCUT2D eigenvalue weighted by atomic mass is 9.89.